The maximum atomic E-state index is 11.0. The SMILES string of the molecule is CC(C)(C)n1cc(CNC2CNC(=O)C2)nn1. The van der Waals surface area contributed by atoms with Crippen LogP contribution in [0.25, 0.3) is 0 Å². The normalized spacial score (nSPS) is 20.6. The lowest BCUT2D eigenvalue weighted by Gasteiger charge is -2.17. The standard InChI is InChI=1S/C11H19N5O/c1-11(2,3)16-7-9(14-15-16)6-12-8-4-10(17)13-5-8/h7-8,12H,4-6H2,1-3H3,(H,13,17). The first-order valence-electron chi connectivity index (χ1n) is 5.87. The van der Waals surface area contributed by atoms with Crippen LogP contribution in [0.1, 0.15) is 32.9 Å². The third-order valence-corrected chi connectivity index (χ3v) is 2.78. The Kier molecular flexibility index (Phi) is 3.15. The molecule has 6 heteroatoms. The molecule has 1 aliphatic rings. The second-order valence-corrected chi connectivity index (χ2v) is 5.41. The molecule has 2 rings (SSSR count). The van der Waals surface area contributed by atoms with Crippen molar-refractivity contribution in [2.24, 2.45) is 0 Å². The summed E-state index contributed by atoms with van der Waals surface area (Å²) in [4.78, 5) is 11.0. The zero-order valence-corrected chi connectivity index (χ0v) is 10.5. The lowest BCUT2D eigenvalue weighted by molar-refractivity contribution is -0.119. The predicted molar refractivity (Wildman–Crippen MR) is 63.3 cm³/mol. The molecule has 1 aromatic rings. The molecular formula is C11H19N5O. The minimum Gasteiger partial charge on any atom is -0.354 e. The number of rotatable bonds is 3. The van der Waals surface area contributed by atoms with Crippen molar-refractivity contribution in [2.75, 3.05) is 6.54 Å². The monoisotopic (exact) mass is 237 g/mol. The van der Waals surface area contributed by atoms with Crippen LogP contribution in [0.3, 0.4) is 0 Å². The molecule has 2 N–H and O–H groups in total. The van der Waals surface area contributed by atoms with Crippen LogP contribution in [0.5, 0.6) is 0 Å². The molecule has 0 saturated carbocycles. The van der Waals surface area contributed by atoms with Gasteiger partial charge in [0.25, 0.3) is 0 Å². The fraction of sp³-hybridized carbons (Fsp3) is 0.727. The lowest BCUT2D eigenvalue weighted by Crippen LogP contribution is -2.30. The molecule has 6 nitrogen and oxygen atoms in total. The highest BCUT2D eigenvalue weighted by Crippen LogP contribution is 2.11. The molecule has 1 aliphatic heterocycles. The molecule has 1 aromatic heterocycles. The Bertz CT molecular complexity index is 406. The Morgan fingerprint density at radius 3 is 2.88 bits per heavy atom. The van der Waals surface area contributed by atoms with Gasteiger partial charge in [0.1, 0.15) is 0 Å². The van der Waals surface area contributed by atoms with Crippen LogP contribution in [0.4, 0.5) is 0 Å². The number of aromatic nitrogens is 3. The Hall–Kier alpha value is -1.43. The van der Waals surface area contributed by atoms with Crippen molar-refractivity contribution < 1.29 is 4.79 Å². The third kappa shape index (κ3) is 3.03. The summed E-state index contributed by atoms with van der Waals surface area (Å²) in [6.07, 6.45) is 2.49. The molecule has 1 unspecified atom stereocenters. The van der Waals surface area contributed by atoms with Crippen LogP contribution in [-0.4, -0.2) is 33.5 Å². The Morgan fingerprint density at radius 1 is 1.59 bits per heavy atom. The summed E-state index contributed by atoms with van der Waals surface area (Å²) in [6.45, 7) is 7.59. The van der Waals surface area contributed by atoms with Crippen LogP contribution in [0.2, 0.25) is 0 Å². The second-order valence-electron chi connectivity index (χ2n) is 5.41. The van der Waals surface area contributed by atoms with Gasteiger partial charge in [0.15, 0.2) is 0 Å². The number of nitrogens with one attached hydrogen (secondary N) is 2. The van der Waals surface area contributed by atoms with Gasteiger partial charge in [-0.25, -0.2) is 4.68 Å². The van der Waals surface area contributed by atoms with E-state index in [-0.39, 0.29) is 17.5 Å². The van der Waals surface area contributed by atoms with E-state index in [1.54, 1.807) is 0 Å². The first-order chi connectivity index (χ1) is 7.95. The van der Waals surface area contributed by atoms with Crippen LogP contribution in [0.15, 0.2) is 6.20 Å². The van der Waals surface area contributed by atoms with Gasteiger partial charge >= 0.3 is 0 Å². The van der Waals surface area contributed by atoms with Gasteiger partial charge in [0.05, 0.1) is 17.4 Å². The average Bonchev–Trinajstić information content (AvgIpc) is 2.82. The van der Waals surface area contributed by atoms with Crippen molar-refractivity contribution >= 4 is 5.91 Å². The van der Waals surface area contributed by atoms with Gasteiger partial charge in [-0.15, -0.1) is 5.10 Å². The number of carbonyl (C=O) groups excluding carboxylic acids is 1. The van der Waals surface area contributed by atoms with Gasteiger partial charge in [0, 0.05) is 25.6 Å². The van der Waals surface area contributed by atoms with E-state index in [1.165, 1.54) is 0 Å². The van der Waals surface area contributed by atoms with Gasteiger partial charge < -0.3 is 10.6 Å². The molecule has 0 aliphatic carbocycles. The summed E-state index contributed by atoms with van der Waals surface area (Å²) in [6, 6.07) is 0.210. The molecule has 0 radical (unpaired) electrons. The smallest absolute Gasteiger partial charge is 0.221 e. The van der Waals surface area contributed by atoms with Crippen molar-refractivity contribution in [2.45, 2.75) is 45.3 Å². The van der Waals surface area contributed by atoms with Gasteiger partial charge in [0.2, 0.25) is 5.91 Å². The molecular weight excluding hydrogens is 218 g/mol. The van der Waals surface area contributed by atoms with E-state index < -0.39 is 0 Å². The molecule has 94 valence electrons. The largest absolute Gasteiger partial charge is 0.354 e. The van der Waals surface area contributed by atoms with Crippen LogP contribution < -0.4 is 10.6 Å². The summed E-state index contributed by atoms with van der Waals surface area (Å²) in [7, 11) is 0. The minimum atomic E-state index is -0.0455. The van der Waals surface area contributed by atoms with E-state index in [0.29, 0.717) is 19.5 Å². The van der Waals surface area contributed by atoms with E-state index in [9.17, 15) is 4.79 Å². The number of hydrogen-bond acceptors (Lipinski definition) is 4. The summed E-state index contributed by atoms with van der Waals surface area (Å²) in [5.41, 5.74) is 0.857. The molecule has 1 saturated heterocycles. The summed E-state index contributed by atoms with van der Waals surface area (Å²) < 4.78 is 1.85. The maximum absolute atomic E-state index is 11.0. The summed E-state index contributed by atoms with van der Waals surface area (Å²) >= 11 is 0. The van der Waals surface area contributed by atoms with E-state index in [0.717, 1.165) is 5.69 Å². The predicted octanol–water partition coefficient (Wildman–Crippen LogP) is 0.0112. The van der Waals surface area contributed by atoms with E-state index in [1.807, 2.05) is 10.9 Å². The van der Waals surface area contributed by atoms with Crippen molar-refractivity contribution in [1.82, 2.24) is 25.6 Å². The highest BCUT2D eigenvalue weighted by atomic mass is 16.1. The molecule has 0 aromatic carbocycles. The number of carbonyl (C=O) groups is 1. The van der Waals surface area contributed by atoms with Gasteiger partial charge in [-0.2, -0.15) is 0 Å². The van der Waals surface area contributed by atoms with Gasteiger partial charge in [-0.05, 0) is 20.8 Å². The molecule has 0 spiro atoms. The van der Waals surface area contributed by atoms with E-state index >= 15 is 0 Å². The number of hydrogen-bond donors (Lipinski definition) is 2. The van der Waals surface area contributed by atoms with Crippen molar-refractivity contribution in [1.29, 1.82) is 0 Å². The Balaban J connectivity index is 1.87. The maximum Gasteiger partial charge on any atom is 0.221 e. The highest BCUT2D eigenvalue weighted by Gasteiger charge is 2.21. The zero-order valence-electron chi connectivity index (χ0n) is 10.5. The first-order valence-corrected chi connectivity index (χ1v) is 5.87. The summed E-state index contributed by atoms with van der Waals surface area (Å²) in [5, 5.41) is 14.3. The van der Waals surface area contributed by atoms with Crippen LogP contribution in [-0.2, 0) is 16.9 Å². The fourth-order valence-corrected chi connectivity index (χ4v) is 1.71. The van der Waals surface area contributed by atoms with E-state index in [2.05, 4.69) is 41.7 Å². The third-order valence-electron chi connectivity index (χ3n) is 2.78. The fourth-order valence-electron chi connectivity index (χ4n) is 1.71. The lowest BCUT2D eigenvalue weighted by atomic mass is 10.1. The van der Waals surface area contributed by atoms with Crippen molar-refractivity contribution in [3.63, 3.8) is 0 Å². The molecule has 2 heterocycles. The summed E-state index contributed by atoms with van der Waals surface area (Å²) in [5.74, 6) is 0.112. The quantitative estimate of drug-likeness (QED) is 0.777. The zero-order chi connectivity index (χ0) is 12.5. The molecule has 0 bridgehead atoms. The first kappa shape index (κ1) is 12.0. The molecule has 1 amide bonds. The van der Waals surface area contributed by atoms with E-state index in [4.69, 9.17) is 0 Å². The highest BCUT2D eigenvalue weighted by molar-refractivity contribution is 5.78. The van der Waals surface area contributed by atoms with Crippen molar-refractivity contribution in [3.05, 3.63) is 11.9 Å². The van der Waals surface area contributed by atoms with Crippen LogP contribution >= 0.6 is 0 Å². The van der Waals surface area contributed by atoms with Crippen molar-refractivity contribution in [3.8, 4) is 0 Å². The molecule has 17 heavy (non-hydrogen) atoms. The average molecular weight is 237 g/mol. The van der Waals surface area contributed by atoms with Gasteiger partial charge in [-0.1, -0.05) is 5.21 Å². The Labute approximate surface area is 101 Å². The second kappa shape index (κ2) is 4.44. The van der Waals surface area contributed by atoms with Crippen LogP contribution in [0, 0.1) is 0 Å². The number of amides is 1. The minimum absolute atomic E-state index is 0.0455. The Morgan fingerprint density at radius 2 is 2.35 bits per heavy atom. The topological polar surface area (TPSA) is 71.8 Å². The number of nitrogens with zero attached hydrogens (tertiary/aromatic N) is 3. The molecule has 1 fully saturated rings. The molecule has 1 atom stereocenters. The van der Waals surface area contributed by atoms with Gasteiger partial charge in [-0.3, -0.25) is 4.79 Å².